The van der Waals surface area contributed by atoms with Crippen LogP contribution in [0.15, 0.2) is 54.6 Å². The van der Waals surface area contributed by atoms with Crippen LogP contribution in [0.1, 0.15) is 36.8 Å². The van der Waals surface area contributed by atoms with Gasteiger partial charge in [-0.05, 0) is 55.9 Å². The molecule has 5 heteroatoms. The van der Waals surface area contributed by atoms with Crippen molar-refractivity contribution < 1.29 is 9.59 Å². The third-order valence-corrected chi connectivity index (χ3v) is 5.28. The Bertz CT molecular complexity index is 850. The molecule has 1 saturated carbocycles. The molecule has 1 aliphatic carbocycles. The minimum atomic E-state index is -0.0842. The Balaban J connectivity index is 1.41. The Kier molecular flexibility index (Phi) is 6.80. The first-order valence-corrected chi connectivity index (χ1v) is 9.78. The minimum absolute atomic E-state index is 0.0123. The molecular formula is C23H25N3O2. The SMILES string of the molecule is N#Cc1cccc(NC(=O)C2CCC(C(=O)NCCc3ccccc3)CC2)c1. The molecule has 28 heavy (non-hydrogen) atoms. The second-order valence-electron chi connectivity index (χ2n) is 7.26. The van der Waals surface area contributed by atoms with Gasteiger partial charge in [-0.15, -0.1) is 0 Å². The van der Waals surface area contributed by atoms with Crippen molar-refractivity contribution in [2.45, 2.75) is 32.1 Å². The summed E-state index contributed by atoms with van der Waals surface area (Å²) in [5, 5.41) is 14.9. The Hall–Kier alpha value is -3.13. The number of anilines is 1. The van der Waals surface area contributed by atoms with Gasteiger partial charge in [-0.3, -0.25) is 9.59 Å². The molecule has 0 aromatic heterocycles. The van der Waals surface area contributed by atoms with Gasteiger partial charge in [0.1, 0.15) is 0 Å². The van der Waals surface area contributed by atoms with Gasteiger partial charge in [0.25, 0.3) is 0 Å². The summed E-state index contributed by atoms with van der Waals surface area (Å²) in [5.41, 5.74) is 2.38. The molecule has 0 spiro atoms. The van der Waals surface area contributed by atoms with E-state index in [9.17, 15) is 9.59 Å². The monoisotopic (exact) mass is 375 g/mol. The maximum absolute atomic E-state index is 12.5. The van der Waals surface area contributed by atoms with Gasteiger partial charge in [0.2, 0.25) is 11.8 Å². The van der Waals surface area contributed by atoms with Crippen LogP contribution in [0.3, 0.4) is 0 Å². The van der Waals surface area contributed by atoms with Crippen LogP contribution in [0.4, 0.5) is 5.69 Å². The number of amides is 2. The molecule has 2 N–H and O–H groups in total. The molecule has 2 aromatic rings. The third-order valence-electron chi connectivity index (χ3n) is 5.28. The van der Waals surface area contributed by atoms with Crippen molar-refractivity contribution in [1.29, 1.82) is 5.26 Å². The van der Waals surface area contributed by atoms with Gasteiger partial charge in [-0.25, -0.2) is 0 Å². The van der Waals surface area contributed by atoms with Crippen LogP contribution in [0.2, 0.25) is 0 Å². The topological polar surface area (TPSA) is 82.0 Å². The maximum atomic E-state index is 12.5. The second-order valence-corrected chi connectivity index (χ2v) is 7.26. The molecular weight excluding hydrogens is 350 g/mol. The number of benzene rings is 2. The van der Waals surface area contributed by atoms with Crippen LogP contribution < -0.4 is 10.6 Å². The molecule has 2 aromatic carbocycles. The van der Waals surface area contributed by atoms with Gasteiger partial charge in [0.05, 0.1) is 11.6 Å². The van der Waals surface area contributed by atoms with E-state index in [4.69, 9.17) is 5.26 Å². The summed E-state index contributed by atoms with van der Waals surface area (Å²) in [6.45, 7) is 0.637. The number of rotatable bonds is 6. The molecule has 0 aliphatic heterocycles. The van der Waals surface area contributed by atoms with Crippen LogP contribution in [-0.4, -0.2) is 18.4 Å². The summed E-state index contributed by atoms with van der Waals surface area (Å²) >= 11 is 0. The lowest BCUT2D eigenvalue weighted by Gasteiger charge is -2.27. The summed E-state index contributed by atoms with van der Waals surface area (Å²) in [6.07, 6.45) is 3.70. The third kappa shape index (κ3) is 5.43. The summed E-state index contributed by atoms with van der Waals surface area (Å²) in [7, 11) is 0. The summed E-state index contributed by atoms with van der Waals surface area (Å²) in [6, 6.07) is 19.1. The van der Waals surface area contributed by atoms with E-state index in [-0.39, 0.29) is 23.7 Å². The number of carbonyl (C=O) groups is 2. The van der Waals surface area contributed by atoms with E-state index >= 15 is 0 Å². The highest BCUT2D eigenvalue weighted by Crippen LogP contribution is 2.30. The van der Waals surface area contributed by atoms with Gasteiger partial charge in [0.15, 0.2) is 0 Å². The lowest BCUT2D eigenvalue weighted by molar-refractivity contribution is -0.128. The Morgan fingerprint density at radius 1 is 0.929 bits per heavy atom. The van der Waals surface area contributed by atoms with E-state index in [0.29, 0.717) is 30.6 Å². The molecule has 0 atom stereocenters. The first-order valence-electron chi connectivity index (χ1n) is 9.78. The van der Waals surface area contributed by atoms with Crippen molar-refractivity contribution in [2.75, 3.05) is 11.9 Å². The van der Waals surface area contributed by atoms with Crippen LogP contribution in [0, 0.1) is 23.2 Å². The normalized spacial score (nSPS) is 18.7. The molecule has 0 unspecified atom stereocenters. The number of nitriles is 1. The zero-order chi connectivity index (χ0) is 19.8. The van der Waals surface area contributed by atoms with Crippen molar-refractivity contribution in [1.82, 2.24) is 5.32 Å². The largest absolute Gasteiger partial charge is 0.356 e. The van der Waals surface area contributed by atoms with Crippen LogP contribution in [-0.2, 0) is 16.0 Å². The van der Waals surface area contributed by atoms with Crippen LogP contribution in [0.25, 0.3) is 0 Å². The van der Waals surface area contributed by atoms with Crippen LogP contribution >= 0.6 is 0 Å². The summed E-state index contributed by atoms with van der Waals surface area (Å²) < 4.78 is 0. The molecule has 1 fully saturated rings. The molecule has 0 radical (unpaired) electrons. The van der Waals surface area contributed by atoms with Gasteiger partial charge in [-0.1, -0.05) is 36.4 Å². The predicted molar refractivity (Wildman–Crippen MR) is 108 cm³/mol. The average molecular weight is 375 g/mol. The fourth-order valence-electron chi connectivity index (χ4n) is 3.65. The van der Waals surface area contributed by atoms with Gasteiger partial charge in [-0.2, -0.15) is 5.26 Å². The minimum Gasteiger partial charge on any atom is -0.356 e. The molecule has 0 bridgehead atoms. The van der Waals surface area contributed by atoms with Gasteiger partial charge < -0.3 is 10.6 Å². The lowest BCUT2D eigenvalue weighted by atomic mass is 9.81. The molecule has 0 saturated heterocycles. The van der Waals surface area contributed by atoms with Gasteiger partial charge >= 0.3 is 0 Å². The predicted octanol–water partition coefficient (Wildman–Crippen LogP) is 3.66. The molecule has 3 rings (SSSR count). The highest BCUT2D eigenvalue weighted by Gasteiger charge is 2.29. The van der Waals surface area contributed by atoms with Crippen molar-refractivity contribution in [3.8, 4) is 6.07 Å². The summed E-state index contributed by atoms with van der Waals surface area (Å²) in [4.78, 5) is 24.9. The second kappa shape index (κ2) is 9.70. The fourth-order valence-corrected chi connectivity index (χ4v) is 3.65. The van der Waals surface area contributed by atoms with E-state index in [0.717, 1.165) is 19.3 Å². The van der Waals surface area contributed by atoms with E-state index in [1.807, 2.05) is 18.2 Å². The zero-order valence-electron chi connectivity index (χ0n) is 15.9. The molecule has 1 aliphatic rings. The summed E-state index contributed by atoms with van der Waals surface area (Å²) in [5.74, 6) is -0.0320. The van der Waals surface area contributed by atoms with Crippen molar-refractivity contribution in [3.63, 3.8) is 0 Å². The first-order chi connectivity index (χ1) is 13.7. The Labute approximate surface area is 165 Å². The van der Waals surface area contributed by atoms with E-state index < -0.39 is 0 Å². The van der Waals surface area contributed by atoms with E-state index in [1.165, 1.54) is 5.56 Å². The highest BCUT2D eigenvalue weighted by molar-refractivity contribution is 5.93. The van der Waals surface area contributed by atoms with Crippen LogP contribution in [0.5, 0.6) is 0 Å². The fraction of sp³-hybridized carbons (Fsp3) is 0.348. The highest BCUT2D eigenvalue weighted by atomic mass is 16.2. The number of hydrogen-bond donors (Lipinski definition) is 2. The number of hydrogen-bond acceptors (Lipinski definition) is 3. The van der Waals surface area contributed by atoms with E-state index in [1.54, 1.807) is 24.3 Å². The van der Waals surface area contributed by atoms with Crippen molar-refractivity contribution in [3.05, 3.63) is 65.7 Å². The standard InChI is InChI=1S/C23H25N3O2/c24-16-18-7-4-8-21(15-18)26-23(28)20-11-9-19(10-12-20)22(27)25-14-13-17-5-2-1-3-6-17/h1-8,15,19-20H,9-14H2,(H,25,27)(H,26,28). The molecule has 144 valence electrons. The van der Waals surface area contributed by atoms with E-state index in [2.05, 4.69) is 28.8 Å². The number of nitrogens with one attached hydrogen (secondary N) is 2. The zero-order valence-corrected chi connectivity index (χ0v) is 15.9. The quantitative estimate of drug-likeness (QED) is 0.808. The molecule has 5 nitrogen and oxygen atoms in total. The lowest BCUT2D eigenvalue weighted by Crippen LogP contribution is -2.36. The van der Waals surface area contributed by atoms with Crippen molar-refractivity contribution >= 4 is 17.5 Å². The average Bonchev–Trinajstić information content (AvgIpc) is 2.74. The van der Waals surface area contributed by atoms with Gasteiger partial charge in [0, 0.05) is 24.1 Å². The maximum Gasteiger partial charge on any atom is 0.227 e. The number of carbonyl (C=O) groups excluding carboxylic acids is 2. The smallest absolute Gasteiger partial charge is 0.227 e. The van der Waals surface area contributed by atoms with Crippen molar-refractivity contribution in [2.24, 2.45) is 11.8 Å². The molecule has 0 heterocycles. The Morgan fingerprint density at radius 3 is 2.29 bits per heavy atom. The number of nitrogens with zero attached hydrogens (tertiary/aromatic N) is 1. The molecule has 2 amide bonds. The Morgan fingerprint density at radius 2 is 1.61 bits per heavy atom. The first kappa shape index (κ1) is 19.6.